The molecular weight excluding hydrogens is 224 g/mol. The van der Waals surface area contributed by atoms with E-state index in [9.17, 15) is 4.79 Å². The van der Waals surface area contributed by atoms with Gasteiger partial charge in [0.15, 0.2) is 5.78 Å². The first-order valence-electron chi connectivity index (χ1n) is 5.94. The Morgan fingerprint density at radius 2 is 1.83 bits per heavy atom. The van der Waals surface area contributed by atoms with E-state index in [1.807, 2.05) is 44.2 Å². The van der Waals surface area contributed by atoms with Crippen molar-refractivity contribution < 1.29 is 4.79 Å². The van der Waals surface area contributed by atoms with E-state index in [4.69, 9.17) is 5.73 Å². The molecule has 0 saturated carbocycles. The lowest BCUT2D eigenvalue weighted by molar-refractivity contribution is 0.0935. The zero-order chi connectivity index (χ0) is 13.1. The van der Waals surface area contributed by atoms with Gasteiger partial charge in [-0.3, -0.25) is 9.78 Å². The third-order valence-electron chi connectivity index (χ3n) is 2.78. The fourth-order valence-corrected chi connectivity index (χ4v) is 1.75. The SMILES string of the molecule is CC(C)C(=O)c1ncc(-c2ccccc2)cc1N. The molecule has 2 N–H and O–H groups in total. The maximum Gasteiger partial charge on any atom is 0.185 e. The van der Waals surface area contributed by atoms with Crippen LogP contribution in [0.25, 0.3) is 11.1 Å². The number of benzene rings is 1. The van der Waals surface area contributed by atoms with Gasteiger partial charge in [0.05, 0.1) is 5.69 Å². The standard InChI is InChI=1S/C15H16N2O/c1-10(2)15(18)14-13(16)8-12(9-17-14)11-6-4-3-5-7-11/h3-10H,16H2,1-2H3. The predicted molar refractivity (Wildman–Crippen MR) is 73.3 cm³/mol. The summed E-state index contributed by atoms with van der Waals surface area (Å²) in [5, 5.41) is 0. The molecule has 0 aliphatic heterocycles. The summed E-state index contributed by atoms with van der Waals surface area (Å²) in [6.45, 7) is 3.68. The highest BCUT2D eigenvalue weighted by molar-refractivity contribution is 6.00. The van der Waals surface area contributed by atoms with Gasteiger partial charge in [0.1, 0.15) is 5.69 Å². The topological polar surface area (TPSA) is 56.0 Å². The molecule has 1 aromatic heterocycles. The van der Waals surface area contributed by atoms with Crippen LogP contribution in [0, 0.1) is 5.92 Å². The number of carbonyl (C=O) groups excluding carboxylic acids is 1. The highest BCUT2D eigenvalue weighted by Gasteiger charge is 2.15. The Hall–Kier alpha value is -2.16. The summed E-state index contributed by atoms with van der Waals surface area (Å²) in [5.41, 5.74) is 8.69. The van der Waals surface area contributed by atoms with Crippen LogP contribution in [0.1, 0.15) is 24.3 Å². The van der Waals surface area contributed by atoms with Gasteiger partial charge in [-0.15, -0.1) is 0 Å². The van der Waals surface area contributed by atoms with Crippen LogP contribution in [0.4, 0.5) is 5.69 Å². The molecule has 0 spiro atoms. The molecule has 2 rings (SSSR count). The molecule has 92 valence electrons. The van der Waals surface area contributed by atoms with E-state index < -0.39 is 0 Å². The van der Waals surface area contributed by atoms with Crippen LogP contribution in [0.3, 0.4) is 0 Å². The van der Waals surface area contributed by atoms with Crippen LogP contribution in [0.2, 0.25) is 0 Å². The van der Waals surface area contributed by atoms with E-state index in [-0.39, 0.29) is 11.7 Å². The number of anilines is 1. The quantitative estimate of drug-likeness (QED) is 0.838. The first kappa shape index (κ1) is 12.3. The molecule has 0 atom stereocenters. The largest absolute Gasteiger partial charge is 0.397 e. The lowest BCUT2D eigenvalue weighted by atomic mass is 10.0. The number of nitrogens with two attached hydrogens (primary N) is 1. The normalized spacial score (nSPS) is 10.6. The molecule has 0 amide bonds. The highest BCUT2D eigenvalue weighted by Crippen LogP contribution is 2.23. The third-order valence-corrected chi connectivity index (χ3v) is 2.78. The second-order valence-corrected chi connectivity index (χ2v) is 4.55. The molecule has 0 bridgehead atoms. The predicted octanol–water partition coefficient (Wildman–Crippen LogP) is 3.17. The summed E-state index contributed by atoms with van der Waals surface area (Å²) in [5.74, 6) is -0.116. The molecule has 2 aromatic rings. The van der Waals surface area contributed by atoms with E-state index >= 15 is 0 Å². The van der Waals surface area contributed by atoms with Crippen molar-refractivity contribution in [2.75, 3.05) is 5.73 Å². The van der Waals surface area contributed by atoms with Gasteiger partial charge in [0.25, 0.3) is 0 Å². The summed E-state index contributed by atoms with van der Waals surface area (Å²) >= 11 is 0. The van der Waals surface area contributed by atoms with Gasteiger partial charge in [-0.05, 0) is 11.6 Å². The van der Waals surface area contributed by atoms with Crippen molar-refractivity contribution in [2.24, 2.45) is 5.92 Å². The van der Waals surface area contributed by atoms with Crippen molar-refractivity contribution in [1.82, 2.24) is 4.98 Å². The van der Waals surface area contributed by atoms with Crippen molar-refractivity contribution in [3.05, 3.63) is 48.3 Å². The van der Waals surface area contributed by atoms with Crippen LogP contribution >= 0.6 is 0 Å². The van der Waals surface area contributed by atoms with Crippen LogP contribution in [-0.4, -0.2) is 10.8 Å². The number of hydrogen-bond donors (Lipinski definition) is 1. The van der Waals surface area contributed by atoms with Gasteiger partial charge in [-0.1, -0.05) is 44.2 Å². The maximum absolute atomic E-state index is 11.9. The Kier molecular flexibility index (Phi) is 3.42. The van der Waals surface area contributed by atoms with Gasteiger partial charge >= 0.3 is 0 Å². The van der Waals surface area contributed by atoms with E-state index in [0.29, 0.717) is 11.4 Å². The average molecular weight is 240 g/mol. The monoisotopic (exact) mass is 240 g/mol. The second kappa shape index (κ2) is 5.00. The molecule has 0 fully saturated rings. The number of ketones is 1. The Morgan fingerprint density at radius 3 is 2.39 bits per heavy atom. The molecule has 1 aromatic carbocycles. The summed E-state index contributed by atoms with van der Waals surface area (Å²) in [6, 6.07) is 11.6. The lowest BCUT2D eigenvalue weighted by Crippen LogP contribution is -2.12. The summed E-state index contributed by atoms with van der Waals surface area (Å²) in [7, 11) is 0. The molecular formula is C15H16N2O. The van der Waals surface area contributed by atoms with E-state index in [1.54, 1.807) is 12.3 Å². The Bertz CT molecular complexity index is 562. The fraction of sp³-hybridized carbons (Fsp3) is 0.200. The number of carbonyl (C=O) groups is 1. The molecule has 3 nitrogen and oxygen atoms in total. The zero-order valence-electron chi connectivity index (χ0n) is 10.6. The number of hydrogen-bond acceptors (Lipinski definition) is 3. The van der Waals surface area contributed by atoms with E-state index in [1.165, 1.54) is 0 Å². The first-order valence-corrected chi connectivity index (χ1v) is 5.94. The number of nitrogens with zero attached hydrogens (tertiary/aromatic N) is 1. The van der Waals surface area contributed by atoms with Crippen molar-refractivity contribution in [1.29, 1.82) is 0 Å². The van der Waals surface area contributed by atoms with Gasteiger partial charge in [-0.2, -0.15) is 0 Å². The van der Waals surface area contributed by atoms with Crippen molar-refractivity contribution in [2.45, 2.75) is 13.8 Å². The Labute approximate surface area is 107 Å². The van der Waals surface area contributed by atoms with Gasteiger partial charge < -0.3 is 5.73 Å². The third kappa shape index (κ3) is 2.40. The second-order valence-electron chi connectivity index (χ2n) is 4.55. The van der Waals surface area contributed by atoms with E-state index in [0.717, 1.165) is 11.1 Å². The minimum absolute atomic E-state index is 0.0212. The molecule has 3 heteroatoms. The number of aromatic nitrogens is 1. The smallest absolute Gasteiger partial charge is 0.185 e. The van der Waals surface area contributed by atoms with E-state index in [2.05, 4.69) is 4.98 Å². The number of rotatable bonds is 3. The van der Waals surface area contributed by atoms with Crippen molar-refractivity contribution in [3.8, 4) is 11.1 Å². The van der Waals surface area contributed by atoms with Crippen molar-refractivity contribution >= 4 is 11.5 Å². The molecule has 0 saturated heterocycles. The highest BCUT2D eigenvalue weighted by atomic mass is 16.1. The minimum Gasteiger partial charge on any atom is -0.397 e. The summed E-state index contributed by atoms with van der Waals surface area (Å²) < 4.78 is 0. The minimum atomic E-state index is -0.0950. The van der Waals surface area contributed by atoms with Gasteiger partial charge in [0, 0.05) is 17.7 Å². The molecule has 0 aliphatic rings. The Morgan fingerprint density at radius 1 is 1.17 bits per heavy atom. The molecule has 0 aliphatic carbocycles. The first-order chi connectivity index (χ1) is 8.59. The van der Waals surface area contributed by atoms with Crippen LogP contribution in [-0.2, 0) is 0 Å². The Balaban J connectivity index is 2.40. The van der Waals surface area contributed by atoms with Crippen molar-refractivity contribution in [3.63, 3.8) is 0 Å². The fourth-order valence-electron chi connectivity index (χ4n) is 1.75. The van der Waals surface area contributed by atoms with Crippen LogP contribution in [0.5, 0.6) is 0 Å². The number of nitrogen functional groups attached to an aromatic ring is 1. The average Bonchev–Trinajstić information content (AvgIpc) is 2.38. The summed E-state index contributed by atoms with van der Waals surface area (Å²) in [4.78, 5) is 16.1. The molecule has 0 unspecified atom stereocenters. The zero-order valence-corrected chi connectivity index (χ0v) is 10.6. The van der Waals surface area contributed by atoms with Gasteiger partial charge in [0.2, 0.25) is 0 Å². The summed E-state index contributed by atoms with van der Waals surface area (Å²) in [6.07, 6.45) is 1.70. The van der Waals surface area contributed by atoms with Crippen LogP contribution in [0.15, 0.2) is 42.6 Å². The molecule has 1 heterocycles. The van der Waals surface area contributed by atoms with Gasteiger partial charge in [-0.25, -0.2) is 0 Å². The molecule has 18 heavy (non-hydrogen) atoms. The van der Waals surface area contributed by atoms with Crippen LogP contribution < -0.4 is 5.73 Å². The maximum atomic E-state index is 11.9. The number of pyridine rings is 1. The lowest BCUT2D eigenvalue weighted by Gasteiger charge is -2.08. The molecule has 0 radical (unpaired) electrons. The number of Topliss-reactive ketones (excluding diaryl/α,β-unsaturated/α-hetero) is 1.